The summed E-state index contributed by atoms with van der Waals surface area (Å²) in [6.45, 7) is 4.38. The zero-order valence-electron chi connectivity index (χ0n) is 15.5. The van der Waals surface area contributed by atoms with Gasteiger partial charge in [0.1, 0.15) is 10.7 Å². The van der Waals surface area contributed by atoms with E-state index in [0.29, 0.717) is 5.92 Å². The molecule has 5 nitrogen and oxygen atoms in total. The lowest BCUT2D eigenvalue weighted by atomic mass is 9.97. The van der Waals surface area contributed by atoms with E-state index in [2.05, 4.69) is 33.4 Å². The topological polar surface area (TPSA) is 56.0 Å². The Kier molecular flexibility index (Phi) is 4.36. The predicted octanol–water partition coefficient (Wildman–Crippen LogP) is 5.03. The van der Waals surface area contributed by atoms with Crippen LogP contribution in [0.1, 0.15) is 54.6 Å². The fourth-order valence-electron chi connectivity index (χ4n) is 3.76. The van der Waals surface area contributed by atoms with E-state index in [1.165, 1.54) is 35.1 Å². The summed E-state index contributed by atoms with van der Waals surface area (Å²) in [4.78, 5) is 12.1. The Labute approximate surface area is 166 Å². The molecule has 0 saturated heterocycles. The summed E-state index contributed by atoms with van der Waals surface area (Å²) >= 11 is 3.54. The van der Waals surface area contributed by atoms with Crippen LogP contribution in [0.25, 0.3) is 15.9 Å². The molecule has 0 atom stereocenters. The highest BCUT2D eigenvalue weighted by Gasteiger charge is 2.24. The number of hydrogen-bond donors (Lipinski definition) is 0. The maximum atomic E-state index is 5.07. The summed E-state index contributed by atoms with van der Waals surface area (Å²) in [5, 5.41) is 11.3. The van der Waals surface area contributed by atoms with Crippen molar-refractivity contribution in [1.82, 2.24) is 24.6 Å². The zero-order valence-corrected chi connectivity index (χ0v) is 17.1. The minimum absolute atomic E-state index is 0.307. The number of nitrogens with zero attached hydrogens (tertiary/aromatic N) is 5. The number of thiophene rings is 1. The number of fused-ring (bicyclic) bond motifs is 5. The Bertz CT molecular complexity index is 1110. The molecule has 0 aromatic carbocycles. The minimum atomic E-state index is 0.307. The molecular formula is C20H21N5S2. The monoisotopic (exact) mass is 395 g/mol. The molecule has 0 amide bonds. The van der Waals surface area contributed by atoms with E-state index in [-0.39, 0.29) is 0 Å². The second-order valence-corrected chi connectivity index (χ2v) is 9.29. The van der Waals surface area contributed by atoms with Gasteiger partial charge >= 0.3 is 0 Å². The van der Waals surface area contributed by atoms with Gasteiger partial charge in [-0.15, -0.1) is 21.5 Å². The van der Waals surface area contributed by atoms with E-state index in [1.807, 2.05) is 35.7 Å². The van der Waals surface area contributed by atoms with Gasteiger partial charge in [-0.3, -0.25) is 9.38 Å². The van der Waals surface area contributed by atoms with Crippen LogP contribution in [0.2, 0.25) is 0 Å². The van der Waals surface area contributed by atoms with E-state index in [1.54, 1.807) is 11.8 Å². The Morgan fingerprint density at radius 2 is 2.07 bits per heavy atom. The van der Waals surface area contributed by atoms with Gasteiger partial charge in [0.2, 0.25) is 0 Å². The first kappa shape index (κ1) is 17.1. The van der Waals surface area contributed by atoms with Crippen LogP contribution < -0.4 is 0 Å². The summed E-state index contributed by atoms with van der Waals surface area (Å²) in [7, 11) is 0. The summed E-state index contributed by atoms with van der Waals surface area (Å²) in [5.74, 6) is 2.13. The van der Waals surface area contributed by atoms with Gasteiger partial charge < -0.3 is 0 Å². The Hall–Kier alpha value is -1.99. The van der Waals surface area contributed by atoms with Crippen molar-refractivity contribution in [3.8, 4) is 0 Å². The van der Waals surface area contributed by atoms with Crippen LogP contribution in [0.3, 0.4) is 0 Å². The first-order valence-corrected chi connectivity index (χ1v) is 11.2. The molecule has 0 aliphatic heterocycles. The van der Waals surface area contributed by atoms with Crippen molar-refractivity contribution in [2.24, 2.45) is 0 Å². The second kappa shape index (κ2) is 6.87. The van der Waals surface area contributed by atoms with Crippen molar-refractivity contribution < 1.29 is 0 Å². The number of rotatable bonds is 4. The third kappa shape index (κ3) is 2.93. The molecule has 5 rings (SSSR count). The minimum Gasteiger partial charge on any atom is -0.260 e. The molecule has 138 valence electrons. The molecule has 7 heteroatoms. The van der Waals surface area contributed by atoms with E-state index < -0.39 is 0 Å². The summed E-state index contributed by atoms with van der Waals surface area (Å²) in [5.41, 5.74) is 3.49. The normalized spacial score (nSPS) is 14.3. The first-order valence-electron chi connectivity index (χ1n) is 9.44. The highest BCUT2D eigenvalue weighted by atomic mass is 32.2. The molecule has 0 radical (unpaired) electrons. The van der Waals surface area contributed by atoms with Crippen LogP contribution >= 0.6 is 23.1 Å². The van der Waals surface area contributed by atoms with E-state index in [0.717, 1.165) is 39.3 Å². The molecule has 4 heterocycles. The predicted molar refractivity (Wildman–Crippen MR) is 111 cm³/mol. The highest BCUT2D eigenvalue weighted by molar-refractivity contribution is 7.98. The molecule has 0 saturated carbocycles. The summed E-state index contributed by atoms with van der Waals surface area (Å²) < 4.78 is 2.18. The van der Waals surface area contributed by atoms with Gasteiger partial charge in [0.15, 0.2) is 10.8 Å². The number of thioether (sulfide) groups is 1. The fourth-order valence-corrected chi connectivity index (χ4v) is 5.87. The summed E-state index contributed by atoms with van der Waals surface area (Å²) in [6.07, 6.45) is 6.68. The smallest absolute Gasteiger partial charge is 0.197 e. The molecular weight excluding hydrogens is 374 g/mol. The van der Waals surface area contributed by atoms with Crippen molar-refractivity contribution in [2.75, 3.05) is 0 Å². The van der Waals surface area contributed by atoms with Gasteiger partial charge in [-0.05, 0) is 43.4 Å². The maximum absolute atomic E-state index is 5.07. The van der Waals surface area contributed by atoms with E-state index >= 15 is 0 Å². The Morgan fingerprint density at radius 1 is 1.19 bits per heavy atom. The third-order valence-electron chi connectivity index (χ3n) is 5.05. The molecule has 27 heavy (non-hydrogen) atoms. The third-order valence-corrected chi connectivity index (χ3v) is 7.19. The maximum Gasteiger partial charge on any atom is 0.197 e. The molecule has 0 bridgehead atoms. The van der Waals surface area contributed by atoms with Gasteiger partial charge in [-0.25, -0.2) is 4.98 Å². The lowest BCUT2D eigenvalue weighted by molar-refractivity contribution is 0.699. The standard InChI is InChI=1S/C20H21N5S2/c1-12(2)17-22-19-16(14-8-3-4-9-15(14)27-19)18-23-24-20(25(17)18)26-11-13-7-5-6-10-21-13/h5-7,10,12H,3-4,8-9,11H2,1-2H3. The van der Waals surface area contributed by atoms with Crippen LogP contribution in [0, 0.1) is 0 Å². The molecule has 0 fully saturated rings. The molecule has 0 unspecified atom stereocenters. The van der Waals surface area contributed by atoms with Crippen molar-refractivity contribution in [3.05, 3.63) is 46.4 Å². The van der Waals surface area contributed by atoms with Gasteiger partial charge in [-0.2, -0.15) is 0 Å². The molecule has 0 N–H and O–H groups in total. The Morgan fingerprint density at radius 3 is 2.89 bits per heavy atom. The van der Waals surface area contributed by atoms with Gasteiger partial charge in [-0.1, -0.05) is 31.7 Å². The molecule has 4 aromatic rings. The number of aromatic nitrogens is 5. The molecule has 0 spiro atoms. The number of hydrogen-bond acceptors (Lipinski definition) is 6. The number of aryl methyl sites for hydroxylation is 2. The SMILES string of the molecule is CC(C)c1nc2sc3c(c2c2nnc(SCc4ccccn4)n12)CCCC3. The van der Waals surface area contributed by atoms with Crippen molar-refractivity contribution in [1.29, 1.82) is 0 Å². The van der Waals surface area contributed by atoms with Gasteiger partial charge in [0, 0.05) is 22.7 Å². The van der Waals surface area contributed by atoms with E-state index in [4.69, 9.17) is 4.98 Å². The van der Waals surface area contributed by atoms with Crippen LogP contribution in [0.5, 0.6) is 0 Å². The fraction of sp³-hybridized carbons (Fsp3) is 0.400. The molecule has 1 aliphatic carbocycles. The van der Waals surface area contributed by atoms with Crippen molar-refractivity contribution >= 4 is 39.0 Å². The average Bonchev–Trinajstić information content (AvgIpc) is 3.27. The first-order chi connectivity index (χ1) is 13.2. The van der Waals surface area contributed by atoms with Crippen LogP contribution in [-0.4, -0.2) is 24.6 Å². The van der Waals surface area contributed by atoms with Crippen molar-refractivity contribution in [3.63, 3.8) is 0 Å². The largest absolute Gasteiger partial charge is 0.260 e. The lowest BCUT2D eigenvalue weighted by Crippen LogP contribution is -2.05. The van der Waals surface area contributed by atoms with Gasteiger partial charge in [0.05, 0.1) is 11.1 Å². The number of pyridine rings is 1. The highest BCUT2D eigenvalue weighted by Crippen LogP contribution is 2.39. The Balaban J connectivity index is 1.66. The van der Waals surface area contributed by atoms with Crippen molar-refractivity contribution in [2.45, 2.75) is 56.4 Å². The average molecular weight is 396 g/mol. The van der Waals surface area contributed by atoms with Crippen LogP contribution in [0.15, 0.2) is 29.6 Å². The zero-order chi connectivity index (χ0) is 18.4. The quantitative estimate of drug-likeness (QED) is 0.454. The van der Waals surface area contributed by atoms with Crippen LogP contribution in [-0.2, 0) is 18.6 Å². The van der Waals surface area contributed by atoms with Crippen LogP contribution in [0.4, 0.5) is 0 Å². The van der Waals surface area contributed by atoms with E-state index in [9.17, 15) is 0 Å². The molecule has 4 aromatic heterocycles. The lowest BCUT2D eigenvalue weighted by Gasteiger charge is -2.12. The molecule has 1 aliphatic rings. The summed E-state index contributed by atoms with van der Waals surface area (Å²) in [6, 6.07) is 6.01. The van der Waals surface area contributed by atoms with Gasteiger partial charge in [0.25, 0.3) is 0 Å². The second-order valence-electron chi connectivity index (χ2n) is 7.27.